The van der Waals surface area contributed by atoms with Gasteiger partial charge >= 0.3 is 6.03 Å². The Hall–Kier alpha value is -2.41. The zero-order valence-electron chi connectivity index (χ0n) is 13.7. The van der Waals surface area contributed by atoms with Crippen molar-refractivity contribution in [2.45, 2.75) is 37.9 Å². The van der Waals surface area contributed by atoms with Gasteiger partial charge in [-0.15, -0.1) is 0 Å². The zero-order chi connectivity index (χ0) is 17.2. The summed E-state index contributed by atoms with van der Waals surface area (Å²) in [6.07, 6.45) is 1.10. The maximum Gasteiger partial charge on any atom is 0.325 e. The van der Waals surface area contributed by atoms with Crippen molar-refractivity contribution in [3.8, 4) is 0 Å². The van der Waals surface area contributed by atoms with Gasteiger partial charge < -0.3 is 16.0 Å². The van der Waals surface area contributed by atoms with E-state index in [1.165, 1.54) is 0 Å². The number of hydrogen-bond acceptors (Lipinski definition) is 4. The van der Waals surface area contributed by atoms with E-state index in [2.05, 4.69) is 16.0 Å². The molecule has 7 heteroatoms. The van der Waals surface area contributed by atoms with Crippen LogP contribution in [0.15, 0.2) is 30.3 Å². The Labute approximate surface area is 140 Å². The molecular formula is C17H22N4O3. The minimum Gasteiger partial charge on any atom is -0.350 e. The predicted molar refractivity (Wildman–Crippen MR) is 88.0 cm³/mol. The molecule has 4 amide bonds. The standard InChI is InChI=1S/C17H22N4O3/c1-12(14(22)19-11-13-5-3-2-4-6-13)21-15(23)17(20-16(21)24)7-9-18-10-8-17/h2-6,12,18H,7-11H2,1H3,(H,19,22)(H,20,24)/t12-/m1/s1. The Morgan fingerprint density at radius 1 is 1.25 bits per heavy atom. The molecule has 1 spiro atoms. The number of imide groups is 1. The fourth-order valence-corrected chi connectivity index (χ4v) is 3.24. The highest BCUT2D eigenvalue weighted by Gasteiger charge is 2.53. The van der Waals surface area contributed by atoms with Crippen LogP contribution in [0.2, 0.25) is 0 Å². The summed E-state index contributed by atoms with van der Waals surface area (Å²) in [6.45, 7) is 3.30. The van der Waals surface area contributed by atoms with Crippen LogP contribution in [0, 0.1) is 0 Å². The first-order valence-electron chi connectivity index (χ1n) is 8.22. The van der Waals surface area contributed by atoms with E-state index in [0.29, 0.717) is 32.5 Å². The molecule has 2 fully saturated rings. The fraction of sp³-hybridized carbons (Fsp3) is 0.471. The molecule has 0 aromatic heterocycles. The maximum absolute atomic E-state index is 12.7. The average Bonchev–Trinajstić information content (AvgIpc) is 2.83. The molecule has 0 unspecified atom stereocenters. The van der Waals surface area contributed by atoms with Gasteiger partial charge in [-0.3, -0.25) is 9.59 Å². The van der Waals surface area contributed by atoms with Crippen molar-refractivity contribution in [3.63, 3.8) is 0 Å². The maximum atomic E-state index is 12.7. The molecular weight excluding hydrogens is 308 g/mol. The topological polar surface area (TPSA) is 90.5 Å². The number of nitrogens with zero attached hydrogens (tertiary/aromatic N) is 1. The Morgan fingerprint density at radius 2 is 1.92 bits per heavy atom. The highest BCUT2D eigenvalue weighted by molar-refractivity contribution is 6.09. The Morgan fingerprint density at radius 3 is 2.58 bits per heavy atom. The highest BCUT2D eigenvalue weighted by atomic mass is 16.2. The van der Waals surface area contributed by atoms with Gasteiger partial charge in [-0.05, 0) is 38.4 Å². The van der Waals surface area contributed by atoms with Crippen LogP contribution in [0.5, 0.6) is 0 Å². The second-order valence-electron chi connectivity index (χ2n) is 6.32. The van der Waals surface area contributed by atoms with Crippen molar-refractivity contribution in [1.82, 2.24) is 20.9 Å². The molecule has 0 bridgehead atoms. The quantitative estimate of drug-likeness (QED) is 0.696. The summed E-state index contributed by atoms with van der Waals surface area (Å²) < 4.78 is 0. The number of carbonyl (C=O) groups excluding carboxylic acids is 3. The van der Waals surface area contributed by atoms with Crippen molar-refractivity contribution in [1.29, 1.82) is 0 Å². The van der Waals surface area contributed by atoms with Gasteiger partial charge in [-0.25, -0.2) is 9.69 Å². The zero-order valence-corrected chi connectivity index (χ0v) is 13.7. The van der Waals surface area contributed by atoms with Gasteiger partial charge in [-0.2, -0.15) is 0 Å². The van der Waals surface area contributed by atoms with Crippen LogP contribution in [0.4, 0.5) is 4.79 Å². The van der Waals surface area contributed by atoms with E-state index in [0.717, 1.165) is 10.5 Å². The third-order valence-corrected chi connectivity index (χ3v) is 4.73. The van der Waals surface area contributed by atoms with Crippen LogP contribution in [0.25, 0.3) is 0 Å². The summed E-state index contributed by atoms with van der Waals surface area (Å²) in [6, 6.07) is 8.18. The summed E-state index contributed by atoms with van der Waals surface area (Å²) >= 11 is 0. The molecule has 0 saturated carbocycles. The summed E-state index contributed by atoms with van der Waals surface area (Å²) in [5.41, 5.74) is 0.112. The molecule has 7 nitrogen and oxygen atoms in total. The lowest BCUT2D eigenvalue weighted by atomic mass is 9.88. The van der Waals surface area contributed by atoms with Crippen LogP contribution < -0.4 is 16.0 Å². The first-order valence-corrected chi connectivity index (χ1v) is 8.22. The van der Waals surface area contributed by atoms with Gasteiger partial charge in [-0.1, -0.05) is 30.3 Å². The molecule has 24 heavy (non-hydrogen) atoms. The van der Waals surface area contributed by atoms with E-state index >= 15 is 0 Å². The molecule has 1 aromatic rings. The molecule has 1 atom stereocenters. The number of carbonyl (C=O) groups is 3. The molecule has 2 saturated heterocycles. The lowest BCUT2D eigenvalue weighted by Gasteiger charge is -2.31. The summed E-state index contributed by atoms with van der Waals surface area (Å²) in [5.74, 6) is -0.635. The lowest BCUT2D eigenvalue weighted by Crippen LogP contribution is -2.55. The van der Waals surface area contributed by atoms with Crippen molar-refractivity contribution >= 4 is 17.8 Å². The number of urea groups is 1. The second kappa shape index (κ2) is 6.60. The van der Waals surface area contributed by atoms with E-state index in [1.54, 1.807) is 6.92 Å². The third-order valence-electron chi connectivity index (χ3n) is 4.73. The molecule has 2 heterocycles. The molecule has 3 N–H and O–H groups in total. The molecule has 3 rings (SSSR count). The van der Waals surface area contributed by atoms with E-state index in [4.69, 9.17) is 0 Å². The number of nitrogens with one attached hydrogen (secondary N) is 3. The monoisotopic (exact) mass is 330 g/mol. The second-order valence-corrected chi connectivity index (χ2v) is 6.32. The smallest absolute Gasteiger partial charge is 0.325 e. The van der Waals surface area contributed by atoms with Crippen LogP contribution in [-0.2, 0) is 16.1 Å². The van der Waals surface area contributed by atoms with E-state index in [9.17, 15) is 14.4 Å². The first kappa shape index (κ1) is 16.4. The highest BCUT2D eigenvalue weighted by Crippen LogP contribution is 2.28. The van der Waals surface area contributed by atoms with Gasteiger partial charge in [0.25, 0.3) is 5.91 Å². The van der Waals surface area contributed by atoms with Crippen LogP contribution >= 0.6 is 0 Å². The van der Waals surface area contributed by atoms with Gasteiger partial charge in [0.05, 0.1) is 0 Å². The number of benzene rings is 1. The largest absolute Gasteiger partial charge is 0.350 e. The van der Waals surface area contributed by atoms with Crippen LogP contribution in [0.1, 0.15) is 25.3 Å². The van der Waals surface area contributed by atoms with Crippen molar-refractivity contribution < 1.29 is 14.4 Å². The SMILES string of the molecule is C[C@H](C(=O)NCc1ccccc1)N1C(=O)NC2(CCNCC2)C1=O. The Kier molecular flexibility index (Phi) is 4.53. The molecule has 0 aliphatic carbocycles. The molecule has 2 aliphatic rings. The van der Waals surface area contributed by atoms with Gasteiger partial charge in [0, 0.05) is 6.54 Å². The minimum absolute atomic E-state index is 0.295. The number of rotatable bonds is 4. The molecule has 128 valence electrons. The van der Waals surface area contributed by atoms with Crippen LogP contribution in [-0.4, -0.2) is 47.4 Å². The summed E-state index contributed by atoms with van der Waals surface area (Å²) in [4.78, 5) is 38.4. The number of amides is 4. The third kappa shape index (κ3) is 2.99. The number of hydrogen-bond donors (Lipinski definition) is 3. The predicted octanol–water partition coefficient (Wildman–Crippen LogP) is 0.365. The number of piperidine rings is 1. The normalized spacial score (nSPS) is 20.8. The molecule has 2 aliphatic heterocycles. The average molecular weight is 330 g/mol. The summed E-state index contributed by atoms with van der Waals surface area (Å²) in [7, 11) is 0. The molecule has 0 radical (unpaired) electrons. The van der Waals surface area contributed by atoms with Gasteiger partial charge in [0.1, 0.15) is 11.6 Å². The fourth-order valence-electron chi connectivity index (χ4n) is 3.24. The minimum atomic E-state index is -0.851. The van der Waals surface area contributed by atoms with E-state index in [1.807, 2.05) is 30.3 Å². The van der Waals surface area contributed by atoms with Crippen molar-refractivity contribution in [3.05, 3.63) is 35.9 Å². The van der Waals surface area contributed by atoms with Gasteiger partial charge in [0.2, 0.25) is 5.91 Å². The van der Waals surface area contributed by atoms with Gasteiger partial charge in [0.15, 0.2) is 0 Å². The van der Waals surface area contributed by atoms with E-state index in [-0.39, 0.29) is 11.8 Å². The summed E-state index contributed by atoms with van der Waals surface area (Å²) in [5, 5.41) is 8.75. The van der Waals surface area contributed by atoms with Crippen molar-refractivity contribution in [2.24, 2.45) is 0 Å². The van der Waals surface area contributed by atoms with Crippen LogP contribution in [0.3, 0.4) is 0 Å². The molecule has 1 aromatic carbocycles. The van der Waals surface area contributed by atoms with E-state index < -0.39 is 17.6 Å². The lowest BCUT2D eigenvalue weighted by molar-refractivity contribution is -0.138. The van der Waals surface area contributed by atoms with Crippen molar-refractivity contribution in [2.75, 3.05) is 13.1 Å². The Bertz CT molecular complexity index is 640. The first-order chi connectivity index (χ1) is 11.5. The Balaban J connectivity index is 1.65.